The molecule has 0 fully saturated rings. The van der Waals surface area contributed by atoms with Crippen LogP contribution in [0.25, 0.3) is 0 Å². The van der Waals surface area contributed by atoms with Crippen molar-refractivity contribution in [2.45, 2.75) is 0 Å². The van der Waals surface area contributed by atoms with Crippen LogP contribution in [-0.2, 0) is 9.47 Å². The number of esters is 2. The predicted molar refractivity (Wildman–Crippen MR) is 105 cm³/mol. The number of ether oxygens (including phenoxy) is 2. The third-order valence-corrected chi connectivity index (χ3v) is 3.96. The maximum Gasteiger partial charge on any atom is 0.338 e. The molecule has 3 rings (SSSR count). The number of hydrogen-bond donors (Lipinski definition) is 2. The number of nitrogens with zero attached hydrogens (tertiary/aromatic N) is 2. The Kier molecular flexibility index (Phi) is 7.04. The van der Waals surface area contributed by atoms with Gasteiger partial charge < -0.3 is 9.47 Å². The van der Waals surface area contributed by atoms with Crippen molar-refractivity contribution in [1.82, 2.24) is 10.9 Å². The average Bonchev–Trinajstić information content (AvgIpc) is 2.81. The second-order valence-corrected chi connectivity index (χ2v) is 5.95. The Labute approximate surface area is 170 Å². The summed E-state index contributed by atoms with van der Waals surface area (Å²) in [5.41, 5.74) is 7.54. The molecule has 156 valence electrons. The maximum atomic E-state index is 12.1. The van der Waals surface area contributed by atoms with E-state index in [1.807, 2.05) is 0 Å². The molecule has 2 N–H and O–H groups in total. The molecular weight excluding hydrogens is 398 g/mol. The standard InChI is InChI=1S/C20H18F2N4O4/c21-9-11-29-19(27)15-5-1-13(2-6-15)17-23-25-18(26-24-17)14-3-7-16(8-4-14)20(28)30-12-10-22/h1-8H,9-12H2,(H,23,24)(H,25,26). The number of nitrogens with one attached hydrogen (secondary N) is 2. The van der Waals surface area contributed by atoms with Crippen LogP contribution in [-0.4, -0.2) is 50.2 Å². The van der Waals surface area contributed by atoms with E-state index in [4.69, 9.17) is 9.47 Å². The molecule has 1 aliphatic heterocycles. The van der Waals surface area contributed by atoms with Gasteiger partial charge in [-0.1, -0.05) is 24.3 Å². The molecule has 0 amide bonds. The van der Waals surface area contributed by atoms with Gasteiger partial charge in [-0.3, -0.25) is 10.9 Å². The Morgan fingerprint density at radius 2 is 1.07 bits per heavy atom. The summed E-state index contributed by atoms with van der Waals surface area (Å²) in [5, 5.41) is 8.41. The lowest BCUT2D eigenvalue weighted by Crippen LogP contribution is -2.34. The summed E-state index contributed by atoms with van der Waals surface area (Å²) in [7, 11) is 0. The van der Waals surface area contributed by atoms with Crippen molar-refractivity contribution in [3.05, 3.63) is 70.8 Å². The third kappa shape index (κ3) is 5.16. The fourth-order valence-electron chi connectivity index (χ4n) is 2.48. The van der Waals surface area contributed by atoms with Crippen molar-refractivity contribution >= 4 is 23.6 Å². The van der Waals surface area contributed by atoms with E-state index in [0.29, 0.717) is 33.9 Å². The lowest BCUT2D eigenvalue weighted by atomic mass is 10.1. The highest BCUT2D eigenvalue weighted by molar-refractivity contribution is 6.06. The van der Waals surface area contributed by atoms with E-state index in [9.17, 15) is 18.4 Å². The Hall–Kier alpha value is -3.82. The highest BCUT2D eigenvalue weighted by Gasteiger charge is 2.14. The van der Waals surface area contributed by atoms with E-state index in [0.717, 1.165) is 0 Å². The molecule has 8 nitrogen and oxygen atoms in total. The predicted octanol–water partition coefficient (Wildman–Crippen LogP) is 2.16. The number of benzene rings is 2. The highest BCUT2D eigenvalue weighted by Crippen LogP contribution is 2.10. The SMILES string of the molecule is O=C(OCCF)c1ccc(C2=NNC(c3ccc(C(=O)OCCF)cc3)=NN2)cc1. The maximum absolute atomic E-state index is 12.1. The van der Waals surface area contributed by atoms with E-state index in [-0.39, 0.29) is 13.2 Å². The van der Waals surface area contributed by atoms with Crippen molar-refractivity contribution in [2.24, 2.45) is 10.2 Å². The number of hydrazone groups is 2. The fraction of sp³-hybridized carbons (Fsp3) is 0.200. The molecule has 0 aliphatic carbocycles. The van der Waals surface area contributed by atoms with Crippen LogP contribution in [0.2, 0.25) is 0 Å². The van der Waals surface area contributed by atoms with Gasteiger partial charge in [-0.15, -0.1) is 0 Å². The molecule has 0 radical (unpaired) electrons. The average molecular weight is 416 g/mol. The van der Waals surface area contributed by atoms with Crippen molar-refractivity contribution in [1.29, 1.82) is 0 Å². The van der Waals surface area contributed by atoms with Crippen LogP contribution in [0.4, 0.5) is 8.78 Å². The fourth-order valence-corrected chi connectivity index (χ4v) is 2.48. The summed E-state index contributed by atoms with van der Waals surface area (Å²) >= 11 is 0. The van der Waals surface area contributed by atoms with Gasteiger partial charge in [0.1, 0.15) is 26.6 Å². The molecule has 0 saturated heterocycles. The quantitative estimate of drug-likeness (QED) is 0.640. The molecule has 0 aromatic heterocycles. The van der Waals surface area contributed by atoms with Gasteiger partial charge in [0.2, 0.25) is 0 Å². The van der Waals surface area contributed by atoms with Gasteiger partial charge in [0.05, 0.1) is 11.1 Å². The smallest absolute Gasteiger partial charge is 0.338 e. The van der Waals surface area contributed by atoms with Crippen LogP contribution < -0.4 is 10.9 Å². The van der Waals surface area contributed by atoms with E-state index < -0.39 is 25.3 Å². The number of halogens is 2. The van der Waals surface area contributed by atoms with Crippen LogP contribution in [0.5, 0.6) is 0 Å². The molecular formula is C20H18F2N4O4. The molecule has 0 atom stereocenters. The Balaban J connectivity index is 1.60. The van der Waals surface area contributed by atoms with Crippen LogP contribution in [0.3, 0.4) is 0 Å². The molecule has 10 heteroatoms. The minimum Gasteiger partial charge on any atom is -0.459 e. The molecule has 0 saturated carbocycles. The van der Waals surface area contributed by atoms with Crippen molar-refractivity contribution < 1.29 is 27.8 Å². The van der Waals surface area contributed by atoms with Gasteiger partial charge in [0.25, 0.3) is 0 Å². The number of carbonyl (C=O) groups is 2. The first-order valence-electron chi connectivity index (χ1n) is 8.97. The lowest BCUT2D eigenvalue weighted by Gasteiger charge is -2.15. The summed E-state index contributed by atoms with van der Waals surface area (Å²) in [6.45, 7) is -2.03. The molecule has 0 unspecified atom stereocenters. The second kappa shape index (κ2) is 10.1. The minimum absolute atomic E-state index is 0.282. The summed E-state index contributed by atoms with van der Waals surface area (Å²) in [5.74, 6) is -0.357. The summed E-state index contributed by atoms with van der Waals surface area (Å²) in [6.07, 6.45) is 0. The number of amidine groups is 2. The van der Waals surface area contributed by atoms with E-state index in [2.05, 4.69) is 21.1 Å². The van der Waals surface area contributed by atoms with E-state index >= 15 is 0 Å². The second-order valence-electron chi connectivity index (χ2n) is 5.95. The minimum atomic E-state index is -0.734. The Morgan fingerprint density at radius 3 is 1.37 bits per heavy atom. The number of alkyl halides is 2. The first-order chi connectivity index (χ1) is 14.6. The van der Waals surface area contributed by atoms with Crippen molar-refractivity contribution in [3.8, 4) is 0 Å². The zero-order chi connectivity index (χ0) is 21.3. The molecule has 0 spiro atoms. The topological polar surface area (TPSA) is 101 Å². The molecule has 2 aromatic carbocycles. The van der Waals surface area contributed by atoms with Gasteiger partial charge >= 0.3 is 11.9 Å². The zero-order valence-electron chi connectivity index (χ0n) is 15.7. The summed E-state index contributed by atoms with van der Waals surface area (Å²) < 4.78 is 33.6. The van der Waals surface area contributed by atoms with E-state index in [1.165, 1.54) is 0 Å². The van der Waals surface area contributed by atoms with Gasteiger partial charge in [-0.2, -0.15) is 10.2 Å². The molecule has 1 aliphatic rings. The first-order valence-corrected chi connectivity index (χ1v) is 8.97. The van der Waals surface area contributed by atoms with E-state index in [1.54, 1.807) is 48.5 Å². The Morgan fingerprint density at radius 1 is 0.700 bits per heavy atom. The van der Waals surface area contributed by atoms with Crippen LogP contribution in [0, 0.1) is 0 Å². The van der Waals surface area contributed by atoms with Gasteiger partial charge in [0, 0.05) is 11.1 Å². The monoisotopic (exact) mass is 416 g/mol. The van der Waals surface area contributed by atoms with Gasteiger partial charge in [0.15, 0.2) is 11.7 Å². The number of carbonyl (C=O) groups excluding carboxylic acids is 2. The molecule has 30 heavy (non-hydrogen) atoms. The van der Waals surface area contributed by atoms with Gasteiger partial charge in [-0.25, -0.2) is 18.4 Å². The first kappa shape index (κ1) is 20.9. The lowest BCUT2D eigenvalue weighted by molar-refractivity contribution is 0.0473. The highest BCUT2D eigenvalue weighted by atomic mass is 19.1. The summed E-state index contributed by atoms with van der Waals surface area (Å²) in [4.78, 5) is 23.4. The zero-order valence-corrected chi connectivity index (χ0v) is 15.7. The third-order valence-electron chi connectivity index (χ3n) is 3.96. The molecule has 0 bridgehead atoms. The molecule has 1 heterocycles. The van der Waals surface area contributed by atoms with Crippen LogP contribution in [0.1, 0.15) is 31.8 Å². The largest absolute Gasteiger partial charge is 0.459 e. The van der Waals surface area contributed by atoms with Crippen LogP contribution >= 0.6 is 0 Å². The van der Waals surface area contributed by atoms with Crippen LogP contribution in [0.15, 0.2) is 58.7 Å². The van der Waals surface area contributed by atoms with Crippen molar-refractivity contribution in [2.75, 3.05) is 26.6 Å². The summed E-state index contributed by atoms with van der Waals surface area (Å²) in [6, 6.07) is 12.8. The Bertz CT molecular complexity index is 880. The number of hydrogen-bond acceptors (Lipinski definition) is 8. The van der Waals surface area contributed by atoms with Gasteiger partial charge in [-0.05, 0) is 24.3 Å². The molecule has 2 aromatic rings. The number of rotatable bonds is 8. The normalized spacial score (nSPS) is 12.7. The van der Waals surface area contributed by atoms with Crippen molar-refractivity contribution in [3.63, 3.8) is 0 Å².